The van der Waals surface area contributed by atoms with Gasteiger partial charge in [0.15, 0.2) is 0 Å². The van der Waals surface area contributed by atoms with E-state index in [2.05, 4.69) is 5.32 Å². The zero-order chi connectivity index (χ0) is 18.9. The predicted octanol–water partition coefficient (Wildman–Crippen LogP) is 3.28. The fraction of sp³-hybridized carbons (Fsp3) is 0.600. The zero-order valence-corrected chi connectivity index (χ0v) is 15.9. The molecule has 1 heterocycles. The number of benzene rings is 1. The summed E-state index contributed by atoms with van der Waals surface area (Å²) in [6, 6.07) is 5.95. The summed E-state index contributed by atoms with van der Waals surface area (Å²) in [6.45, 7) is 6.92. The molecule has 26 heavy (non-hydrogen) atoms. The number of ether oxygens (including phenoxy) is 1. The van der Waals surface area contributed by atoms with Crippen molar-refractivity contribution >= 4 is 17.7 Å². The lowest BCUT2D eigenvalue weighted by Crippen LogP contribution is -2.41. The van der Waals surface area contributed by atoms with E-state index in [1.165, 1.54) is 0 Å². The molecule has 1 aromatic rings. The van der Waals surface area contributed by atoms with Crippen LogP contribution < -0.4 is 11.1 Å². The maximum atomic E-state index is 12.3. The molecule has 3 N–H and O–H groups in total. The van der Waals surface area contributed by atoms with Gasteiger partial charge in [0.25, 0.3) is 5.91 Å². The van der Waals surface area contributed by atoms with E-state index >= 15 is 0 Å². The topological polar surface area (TPSA) is 84.7 Å². The van der Waals surface area contributed by atoms with E-state index in [1.54, 1.807) is 11.0 Å². The standard InChI is InChI=1S/C20H29N3O3/c1-20(2,3)26-19(25)23-8-6-13(7-9-23)14-10-15(12-16(21)11-14)18(24)22-17-4-5-17/h10-13,17H,4-9,21H2,1-3H3,(H,22,24). The molecule has 3 rings (SSSR count). The van der Waals surface area contributed by atoms with Crippen molar-refractivity contribution in [2.75, 3.05) is 18.8 Å². The van der Waals surface area contributed by atoms with Gasteiger partial charge in [-0.1, -0.05) is 0 Å². The van der Waals surface area contributed by atoms with Gasteiger partial charge >= 0.3 is 6.09 Å². The molecule has 2 amide bonds. The minimum Gasteiger partial charge on any atom is -0.444 e. The van der Waals surface area contributed by atoms with Gasteiger partial charge in [0.2, 0.25) is 0 Å². The number of rotatable bonds is 3. The molecular formula is C20H29N3O3. The molecule has 0 aromatic heterocycles. The summed E-state index contributed by atoms with van der Waals surface area (Å²) in [5.41, 5.74) is 7.86. The molecule has 0 unspecified atom stereocenters. The number of amides is 2. The monoisotopic (exact) mass is 359 g/mol. The molecule has 1 saturated carbocycles. The normalized spacial score (nSPS) is 18.5. The van der Waals surface area contributed by atoms with Crippen molar-refractivity contribution in [2.45, 2.75) is 64.0 Å². The molecule has 0 spiro atoms. The summed E-state index contributed by atoms with van der Waals surface area (Å²) >= 11 is 0. The Morgan fingerprint density at radius 1 is 1.12 bits per heavy atom. The van der Waals surface area contributed by atoms with Crippen LogP contribution in [0, 0.1) is 0 Å². The van der Waals surface area contributed by atoms with Crippen molar-refractivity contribution in [1.82, 2.24) is 10.2 Å². The van der Waals surface area contributed by atoms with E-state index in [0.717, 1.165) is 31.2 Å². The molecule has 0 bridgehead atoms. The van der Waals surface area contributed by atoms with E-state index in [1.807, 2.05) is 32.9 Å². The molecule has 0 atom stereocenters. The van der Waals surface area contributed by atoms with Gasteiger partial charge < -0.3 is 20.7 Å². The van der Waals surface area contributed by atoms with Gasteiger partial charge in [-0.15, -0.1) is 0 Å². The third kappa shape index (κ3) is 4.90. The van der Waals surface area contributed by atoms with E-state index in [0.29, 0.717) is 36.3 Å². The number of nitrogens with one attached hydrogen (secondary N) is 1. The van der Waals surface area contributed by atoms with Gasteiger partial charge in [-0.2, -0.15) is 0 Å². The van der Waals surface area contributed by atoms with Crippen molar-refractivity contribution in [3.8, 4) is 0 Å². The number of carbonyl (C=O) groups is 2. The number of piperidine rings is 1. The van der Waals surface area contributed by atoms with Gasteiger partial charge in [0, 0.05) is 30.4 Å². The fourth-order valence-corrected chi connectivity index (χ4v) is 3.26. The van der Waals surface area contributed by atoms with Crippen LogP contribution in [-0.4, -0.2) is 41.6 Å². The van der Waals surface area contributed by atoms with Crippen LogP contribution in [0.1, 0.15) is 68.3 Å². The lowest BCUT2D eigenvalue weighted by Gasteiger charge is -2.33. The molecule has 6 nitrogen and oxygen atoms in total. The first kappa shape index (κ1) is 18.5. The van der Waals surface area contributed by atoms with Crippen LogP contribution in [0.2, 0.25) is 0 Å². The van der Waals surface area contributed by atoms with Crippen molar-refractivity contribution in [3.05, 3.63) is 29.3 Å². The molecule has 142 valence electrons. The van der Waals surface area contributed by atoms with Crippen LogP contribution in [0.5, 0.6) is 0 Å². The van der Waals surface area contributed by atoms with Crippen LogP contribution in [0.15, 0.2) is 18.2 Å². The average Bonchev–Trinajstić information content (AvgIpc) is 3.37. The third-order valence-electron chi connectivity index (χ3n) is 4.77. The van der Waals surface area contributed by atoms with Crippen molar-refractivity contribution in [1.29, 1.82) is 0 Å². The van der Waals surface area contributed by atoms with Crippen molar-refractivity contribution in [2.24, 2.45) is 0 Å². The summed E-state index contributed by atoms with van der Waals surface area (Å²) in [5, 5.41) is 3.01. The van der Waals surface area contributed by atoms with Crippen LogP contribution in [-0.2, 0) is 4.74 Å². The van der Waals surface area contributed by atoms with Crippen LogP contribution in [0.3, 0.4) is 0 Å². The summed E-state index contributed by atoms with van der Waals surface area (Å²) in [6.07, 6.45) is 3.54. The molecule has 1 aliphatic carbocycles. The highest BCUT2D eigenvalue weighted by molar-refractivity contribution is 5.95. The van der Waals surface area contributed by atoms with Crippen molar-refractivity contribution in [3.63, 3.8) is 0 Å². The lowest BCUT2D eigenvalue weighted by molar-refractivity contribution is 0.0205. The first-order valence-electron chi connectivity index (χ1n) is 9.40. The fourth-order valence-electron chi connectivity index (χ4n) is 3.26. The maximum Gasteiger partial charge on any atom is 0.410 e. The van der Waals surface area contributed by atoms with Gasteiger partial charge in [-0.3, -0.25) is 4.79 Å². The third-order valence-corrected chi connectivity index (χ3v) is 4.77. The summed E-state index contributed by atoms with van der Waals surface area (Å²) in [7, 11) is 0. The van der Waals surface area contributed by atoms with E-state index in [4.69, 9.17) is 10.5 Å². The van der Waals surface area contributed by atoms with Gasteiger partial charge in [0.05, 0.1) is 0 Å². The number of nitrogen functional groups attached to an aromatic ring is 1. The Labute approximate surface area is 155 Å². The Morgan fingerprint density at radius 3 is 2.35 bits per heavy atom. The first-order chi connectivity index (χ1) is 12.2. The highest BCUT2D eigenvalue weighted by atomic mass is 16.6. The number of likely N-dealkylation sites (tertiary alicyclic amines) is 1. The highest BCUT2D eigenvalue weighted by Gasteiger charge is 2.28. The van der Waals surface area contributed by atoms with Crippen LogP contribution in [0.25, 0.3) is 0 Å². The Hall–Kier alpha value is -2.24. The molecule has 1 aromatic carbocycles. The Bertz CT molecular complexity index is 684. The molecule has 1 aliphatic heterocycles. The smallest absolute Gasteiger partial charge is 0.410 e. The number of anilines is 1. The number of hydrogen-bond donors (Lipinski definition) is 2. The van der Waals surface area contributed by atoms with E-state index in [-0.39, 0.29) is 12.0 Å². The Morgan fingerprint density at radius 2 is 1.77 bits per heavy atom. The lowest BCUT2D eigenvalue weighted by atomic mass is 9.88. The molecule has 2 aliphatic rings. The summed E-state index contributed by atoms with van der Waals surface area (Å²) in [5.74, 6) is 0.247. The Balaban J connectivity index is 1.62. The first-order valence-corrected chi connectivity index (χ1v) is 9.40. The largest absolute Gasteiger partial charge is 0.444 e. The molecule has 0 radical (unpaired) electrons. The highest BCUT2D eigenvalue weighted by Crippen LogP contribution is 2.31. The number of nitrogens with zero attached hydrogens (tertiary/aromatic N) is 1. The Kier molecular flexibility index (Phi) is 5.12. The number of hydrogen-bond acceptors (Lipinski definition) is 4. The number of carbonyl (C=O) groups excluding carboxylic acids is 2. The predicted molar refractivity (Wildman–Crippen MR) is 101 cm³/mol. The van der Waals surface area contributed by atoms with Crippen LogP contribution >= 0.6 is 0 Å². The SMILES string of the molecule is CC(C)(C)OC(=O)N1CCC(c2cc(N)cc(C(=O)NC3CC3)c2)CC1. The second-order valence-electron chi connectivity index (χ2n) is 8.38. The molecule has 2 fully saturated rings. The van der Waals surface area contributed by atoms with Gasteiger partial charge in [0.1, 0.15) is 5.60 Å². The van der Waals surface area contributed by atoms with Gasteiger partial charge in [-0.05, 0) is 76.1 Å². The minimum absolute atomic E-state index is 0.0489. The van der Waals surface area contributed by atoms with Crippen molar-refractivity contribution < 1.29 is 14.3 Å². The van der Waals surface area contributed by atoms with E-state index in [9.17, 15) is 9.59 Å². The summed E-state index contributed by atoms with van der Waals surface area (Å²) < 4.78 is 5.44. The quantitative estimate of drug-likeness (QED) is 0.811. The summed E-state index contributed by atoms with van der Waals surface area (Å²) in [4.78, 5) is 26.3. The number of nitrogens with two attached hydrogens (primary N) is 1. The second-order valence-corrected chi connectivity index (χ2v) is 8.38. The minimum atomic E-state index is -0.481. The van der Waals surface area contributed by atoms with E-state index < -0.39 is 5.60 Å². The molecule has 6 heteroatoms. The zero-order valence-electron chi connectivity index (χ0n) is 15.9. The second kappa shape index (κ2) is 7.17. The molecule has 1 saturated heterocycles. The van der Waals surface area contributed by atoms with Crippen LogP contribution in [0.4, 0.5) is 10.5 Å². The molecular weight excluding hydrogens is 330 g/mol. The average molecular weight is 359 g/mol. The van der Waals surface area contributed by atoms with Gasteiger partial charge in [-0.25, -0.2) is 4.79 Å². The maximum absolute atomic E-state index is 12.3.